The van der Waals surface area contributed by atoms with E-state index < -0.39 is 12.2 Å². The van der Waals surface area contributed by atoms with Crippen molar-refractivity contribution in [1.82, 2.24) is 0 Å². The molecule has 0 amide bonds. The molecule has 2 unspecified atom stereocenters. The van der Waals surface area contributed by atoms with Crippen molar-refractivity contribution in [1.29, 1.82) is 0 Å². The molecule has 0 radical (unpaired) electrons. The molecule has 8 nitrogen and oxygen atoms in total. The third kappa shape index (κ3) is 3.61. The normalized spacial score (nSPS) is 13.2. The van der Waals surface area contributed by atoms with Gasteiger partial charge in [-0.25, -0.2) is 0 Å². The van der Waals surface area contributed by atoms with Gasteiger partial charge in [0.2, 0.25) is 0 Å². The summed E-state index contributed by atoms with van der Waals surface area (Å²) in [5.41, 5.74) is 8.30. The van der Waals surface area contributed by atoms with Crippen LogP contribution >= 0.6 is 0 Å². The highest BCUT2D eigenvalue weighted by Gasteiger charge is 2.21. The van der Waals surface area contributed by atoms with E-state index in [4.69, 9.17) is 10.3 Å². The molecule has 0 bridgehead atoms. The number of aliphatic hydroxyl groups excluding tert-OH is 2. The number of phenolic OH excluding ortho intramolecular Hbond substituents is 1. The van der Waals surface area contributed by atoms with Crippen LogP contribution in [0.25, 0.3) is 10.4 Å². The zero-order valence-electron chi connectivity index (χ0n) is 10.8. The summed E-state index contributed by atoms with van der Waals surface area (Å²) >= 11 is 0. The zero-order chi connectivity index (χ0) is 15.1. The van der Waals surface area contributed by atoms with Gasteiger partial charge in [0.1, 0.15) is 6.10 Å². The lowest BCUT2D eigenvalue weighted by Gasteiger charge is -2.19. The topological polar surface area (TPSA) is 136 Å². The fraction of sp³-hybridized carbons (Fsp3) is 0.417. The number of nitrogens with zero attached hydrogens (tertiary/aromatic N) is 3. The second kappa shape index (κ2) is 7.34. The van der Waals surface area contributed by atoms with Gasteiger partial charge in [-0.05, 0) is 29.6 Å². The van der Waals surface area contributed by atoms with Gasteiger partial charge < -0.3 is 20.1 Å². The summed E-state index contributed by atoms with van der Waals surface area (Å²) in [4.78, 5) is 13.4. The van der Waals surface area contributed by atoms with Crippen molar-refractivity contribution in [2.24, 2.45) is 5.11 Å². The van der Waals surface area contributed by atoms with Crippen LogP contribution in [-0.2, 0) is 0 Å². The van der Waals surface area contributed by atoms with Gasteiger partial charge in [0, 0.05) is 11.5 Å². The van der Waals surface area contributed by atoms with Crippen LogP contribution in [0.3, 0.4) is 0 Å². The minimum Gasteiger partial charge on any atom is -0.504 e. The Hall–Kier alpha value is -2.28. The molecule has 0 aliphatic heterocycles. The Labute approximate surface area is 114 Å². The second-order valence-corrected chi connectivity index (χ2v) is 4.03. The molecule has 0 aliphatic carbocycles. The lowest BCUT2D eigenvalue weighted by Crippen LogP contribution is -2.19. The number of carbonyl (C=O) groups is 1. The minimum atomic E-state index is -1.29. The molecule has 0 saturated carbocycles. The van der Waals surface area contributed by atoms with Crippen molar-refractivity contribution in [3.05, 3.63) is 33.7 Å². The highest BCUT2D eigenvalue weighted by Crippen LogP contribution is 2.33. The van der Waals surface area contributed by atoms with Crippen molar-refractivity contribution in [3.8, 4) is 11.5 Å². The summed E-state index contributed by atoms with van der Waals surface area (Å²) < 4.78 is 4.89. The molecule has 108 valence electrons. The van der Waals surface area contributed by atoms with Gasteiger partial charge in [-0.15, -0.1) is 0 Å². The number of methoxy groups -OCH3 is 1. The van der Waals surface area contributed by atoms with Crippen LogP contribution in [0.2, 0.25) is 0 Å². The SMILES string of the molecule is COc1cc(C(O)C(O)CCN=[N+]=[N-])cc(C=O)c1O. The maximum absolute atomic E-state index is 10.8. The molecule has 0 aliphatic rings. The molecular weight excluding hydrogens is 266 g/mol. The molecule has 1 aromatic carbocycles. The van der Waals surface area contributed by atoms with Gasteiger partial charge in [-0.3, -0.25) is 4.79 Å². The first kappa shape index (κ1) is 15.8. The summed E-state index contributed by atoms with van der Waals surface area (Å²) in [6.07, 6.45) is -1.99. The van der Waals surface area contributed by atoms with Gasteiger partial charge in [0.25, 0.3) is 0 Å². The first-order valence-corrected chi connectivity index (χ1v) is 5.78. The number of aldehydes is 1. The predicted octanol–water partition coefficient (Wildman–Crippen LogP) is 1.31. The number of aromatic hydroxyl groups is 1. The summed E-state index contributed by atoms with van der Waals surface area (Å²) in [6.45, 7) is 0.0322. The van der Waals surface area contributed by atoms with E-state index in [2.05, 4.69) is 10.0 Å². The number of ether oxygens (including phenoxy) is 1. The van der Waals surface area contributed by atoms with Crippen molar-refractivity contribution >= 4 is 6.29 Å². The Morgan fingerprint density at radius 2 is 2.20 bits per heavy atom. The smallest absolute Gasteiger partial charge is 0.168 e. The first-order valence-electron chi connectivity index (χ1n) is 5.78. The third-order valence-electron chi connectivity index (χ3n) is 2.77. The van der Waals surface area contributed by atoms with Gasteiger partial charge in [0.15, 0.2) is 17.8 Å². The van der Waals surface area contributed by atoms with Gasteiger partial charge in [-0.2, -0.15) is 0 Å². The standard InChI is InChI=1S/C12H15N3O5/c1-20-10-5-7(4-8(6-16)12(10)19)11(18)9(17)2-3-14-15-13/h4-6,9,11,17-19H,2-3H2,1H3. The van der Waals surface area contributed by atoms with Crippen molar-refractivity contribution in [2.45, 2.75) is 18.6 Å². The average Bonchev–Trinajstić information content (AvgIpc) is 2.46. The van der Waals surface area contributed by atoms with Crippen LogP contribution in [0.5, 0.6) is 11.5 Å². The predicted molar refractivity (Wildman–Crippen MR) is 69.6 cm³/mol. The van der Waals surface area contributed by atoms with Crippen molar-refractivity contribution < 1.29 is 24.9 Å². The summed E-state index contributed by atoms with van der Waals surface area (Å²) in [7, 11) is 1.30. The number of carbonyl (C=O) groups excluding carboxylic acids is 1. The Bertz CT molecular complexity index is 528. The molecule has 1 rings (SSSR count). The van der Waals surface area contributed by atoms with Crippen LogP contribution < -0.4 is 4.74 Å². The van der Waals surface area contributed by atoms with E-state index >= 15 is 0 Å². The van der Waals surface area contributed by atoms with E-state index in [1.165, 1.54) is 19.2 Å². The average molecular weight is 281 g/mol. The lowest BCUT2D eigenvalue weighted by molar-refractivity contribution is 0.0149. The third-order valence-corrected chi connectivity index (χ3v) is 2.77. The number of rotatable bonds is 7. The van der Waals surface area contributed by atoms with Crippen LogP contribution in [0.1, 0.15) is 28.4 Å². The summed E-state index contributed by atoms with van der Waals surface area (Å²) in [6, 6.07) is 2.58. The molecule has 20 heavy (non-hydrogen) atoms. The molecular formula is C12H15N3O5. The van der Waals surface area contributed by atoms with Crippen LogP contribution in [0.4, 0.5) is 0 Å². The van der Waals surface area contributed by atoms with Gasteiger partial charge >= 0.3 is 0 Å². The largest absolute Gasteiger partial charge is 0.504 e. The van der Waals surface area contributed by atoms with E-state index in [0.29, 0.717) is 6.29 Å². The Morgan fingerprint density at radius 1 is 1.50 bits per heavy atom. The van der Waals surface area contributed by atoms with E-state index in [1.807, 2.05) is 0 Å². The second-order valence-electron chi connectivity index (χ2n) is 4.03. The maximum Gasteiger partial charge on any atom is 0.168 e. The molecule has 0 fully saturated rings. The number of benzene rings is 1. The van der Waals surface area contributed by atoms with E-state index in [0.717, 1.165) is 0 Å². The van der Waals surface area contributed by atoms with E-state index in [-0.39, 0.29) is 35.6 Å². The zero-order valence-corrected chi connectivity index (χ0v) is 10.8. The van der Waals surface area contributed by atoms with Gasteiger partial charge in [-0.1, -0.05) is 5.11 Å². The van der Waals surface area contributed by atoms with Crippen LogP contribution in [0.15, 0.2) is 17.2 Å². The van der Waals surface area contributed by atoms with E-state index in [9.17, 15) is 20.1 Å². The first-order chi connectivity index (χ1) is 9.54. The van der Waals surface area contributed by atoms with Crippen LogP contribution in [-0.4, -0.2) is 41.4 Å². The van der Waals surface area contributed by atoms with Gasteiger partial charge in [0.05, 0.1) is 18.8 Å². The number of hydrogen-bond donors (Lipinski definition) is 3. The highest BCUT2D eigenvalue weighted by atomic mass is 16.5. The van der Waals surface area contributed by atoms with Crippen molar-refractivity contribution in [3.63, 3.8) is 0 Å². The molecule has 1 aromatic rings. The molecule has 2 atom stereocenters. The fourth-order valence-electron chi connectivity index (χ4n) is 1.68. The molecule has 0 spiro atoms. The lowest BCUT2D eigenvalue weighted by atomic mass is 9.99. The number of hydrogen-bond acceptors (Lipinski definition) is 6. The quantitative estimate of drug-likeness (QED) is 0.299. The number of aliphatic hydroxyl groups is 2. The molecule has 3 N–H and O–H groups in total. The maximum atomic E-state index is 10.8. The number of phenols is 1. The number of azide groups is 1. The Morgan fingerprint density at radius 3 is 2.75 bits per heavy atom. The van der Waals surface area contributed by atoms with Crippen LogP contribution in [0, 0.1) is 0 Å². The molecule has 0 heterocycles. The molecule has 8 heteroatoms. The van der Waals surface area contributed by atoms with E-state index in [1.54, 1.807) is 0 Å². The fourth-order valence-corrected chi connectivity index (χ4v) is 1.68. The Balaban J connectivity index is 2.99. The summed E-state index contributed by atoms with van der Waals surface area (Å²) in [5, 5.41) is 32.7. The van der Waals surface area contributed by atoms with Crippen molar-refractivity contribution in [2.75, 3.05) is 13.7 Å². The Kier molecular flexibility index (Phi) is 5.79. The molecule has 0 saturated heterocycles. The highest BCUT2D eigenvalue weighted by molar-refractivity contribution is 5.81. The summed E-state index contributed by atoms with van der Waals surface area (Å²) in [5.74, 6) is -0.312. The minimum absolute atomic E-state index is 0.0193. The monoisotopic (exact) mass is 281 g/mol. The molecule has 0 aromatic heterocycles.